The van der Waals surface area contributed by atoms with E-state index in [0.29, 0.717) is 0 Å². The van der Waals surface area contributed by atoms with Crippen LogP contribution >= 0.6 is 22.2 Å². The number of hydrogen-bond donors (Lipinski definition) is 0. The van der Waals surface area contributed by atoms with Gasteiger partial charge in [-0.15, -0.1) is 22.2 Å². The van der Waals surface area contributed by atoms with Crippen LogP contribution in [0.15, 0.2) is 48.5 Å². The number of halogens is 2. The van der Waals surface area contributed by atoms with Crippen LogP contribution in [-0.4, -0.2) is 23.3 Å². The van der Waals surface area contributed by atoms with Crippen molar-refractivity contribution in [2.75, 3.05) is 0 Å². The van der Waals surface area contributed by atoms with E-state index in [1.54, 1.807) is 0 Å². The minimum absolute atomic E-state index is 0.120. The lowest BCUT2D eigenvalue weighted by atomic mass is 10.2. The topological polar surface area (TPSA) is 18.5 Å². The maximum Gasteiger partial charge on any atom is 0.310 e. The van der Waals surface area contributed by atoms with Crippen molar-refractivity contribution < 1.29 is 8.85 Å². The molecule has 0 aliphatic rings. The highest BCUT2D eigenvalue weighted by atomic mass is 35.7. The first-order valence-corrected chi connectivity index (χ1v) is 20.7. The normalized spacial score (nSPS) is 13.8. The van der Waals surface area contributed by atoms with Gasteiger partial charge in [-0.1, -0.05) is 65.8 Å². The van der Waals surface area contributed by atoms with Gasteiger partial charge in [-0.25, -0.2) is 0 Å². The van der Waals surface area contributed by atoms with Crippen LogP contribution < -0.4 is 19.2 Å². The van der Waals surface area contributed by atoms with E-state index < -0.39 is 23.3 Å². The summed E-state index contributed by atoms with van der Waals surface area (Å²) < 4.78 is 13.0. The lowest BCUT2D eigenvalue weighted by molar-refractivity contribution is 0.492. The van der Waals surface area contributed by atoms with Crippen LogP contribution in [0.5, 0.6) is 11.5 Å². The molecule has 0 unspecified atom stereocenters. The Morgan fingerprint density at radius 2 is 0.935 bits per heavy atom. The Hall–Kier alpha value is -0.729. The monoisotopic (exact) mass is 512 g/mol. The second-order valence-corrected chi connectivity index (χ2v) is 27.1. The molecule has 2 aromatic rings. The highest BCUT2D eigenvalue weighted by Gasteiger charge is 2.41. The first kappa shape index (κ1) is 26.5. The minimum Gasteiger partial charge on any atom is -0.544 e. The SMILES string of the molecule is CC(C)(C)[Si](C)(C)Oc1cccc([Si](Cl)(Cl)c2cccc(O[Si](C)(C)C(C)(C)C)c2)c1. The fourth-order valence-electron chi connectivity index (χ4n) is 2.57. The molecule has 2 nitrogen and oxygen atoms in total. The van der Waals surface area contributed by atoms with E-state index in [1.807, 2.05) is 48.5 Å². The average Bonchev–Trinajstić information content (AvgIpc) is 2.59. The maximum absolute atomic E-state index is 7.07. The summed E-state index contributed by atoms with van der Waals surface area (Å²) in [5.41, 5.74) is 0. The molecule has 0 aliphatic heterocycles. The van der Waals surface area contributed by atoms with Crippen molar-refractivity contribution in [3.8, 4) is 11.5 Å². The minimum atomic E-state index is -2.95. The molecule has 172 valence electrons. The lowest BCUT2D eigenvalue weighted by Gasteiger charge is -2.37. The second-order valence-electron chi connectivity index (χ2n) is 11.4. The largest absolute Gasteiger partial charge is 0.544 e. The van der Waals surface area contributed by atoms with Crippen LogP contribution in [0.2, 0.25) is 36.3 Å². The van der Waals surface area contributed by atoms with Gasteiger partial charge in [0.1, 0.15) is 11.5 Å². The Kier molecular flexibility index (Phi) is 7.61. The highest BCUT2D eigenvalue weighted by molar-refractivity contribution is 7.56. The molecule has 0 amide bonds. The van der Waals surface area contributed by atoms with Gasteiger partial charge in [-0.2, -0.15) is 0 Å². The van der Waals surface area contributed by atoms with E-state index in [1.165, 1.54) is 0 Å². The van der Waals surface area contributed by atoms with Crippen LogP contribution in [0, 0.1) is 0 Å². The lowest BCUT2D eigenvalue weighted by Crippen LogP contribution is -2.49. The van der Waals surface area contributed by atoms with Gasteiger partial charge in [0, 0.05) is 0 Å². The van der Waals surface area contributed by atoms with Crippen molar-refractivity contribution in [1.82, 2.24) is 0 Å². The van der Waals surface area contributed by atoms with Crippen molar-refractivity contribution in [2.24, 2.45) is 0 Å². The summed E-state index contributed by atoms with van der Waals surface area (Å²) in [7, 11) is -3.89. The molecule has 0 aromatic heterocycles. The van der Waals surface area contributed by atoms with Crippen molar-refractivity contribution >= 4 is 55.9 Å². The predicted octanol–water partition coefficient (Wildman–Crippen LogP) is 7.49. The Labute approximate surface area is 202 Å². The van der Waals surface area contributed by atoms with Crippen LogP contribution in [0.25, 0.3) is 0 Å². The summed E-state index contributed by atoms with van der Waals surface area (Å²) in [6.07, 6.45) is 0. The van der Waals surface area contributed by atoms with Crippen molar-refractivity contribution in [1.29, 1.82) is 0 Å². The van der Waals surface area contributed by atoms with Crippen LogP contribution in [-0.2, 0) is 0 Å². The van der Waals surface area contributed by atoms with E-state index in [2.05, 4.69) is 67.7 Å². The first-order valence-electron chi connectivity index (χ1n) is 10.8. The van der Waals surface area contributed by atoms with Gasteiger partial charge in [-0.3, -0.25) is 0 Å². The molecule has 0 radical (unpaired) electrons. The predicted molar refractivity (Wildman–Crippen MR) is 145 cm³/mol. The molecule has 0 fully saturated rings. The second kappa shape index (κ2) is 8.90. The third kappa shape index (κ3) is 6.20. The van der Waals surface area contributed by atoms with Crippen molar-refractivity contribution in [3.05, 3.63) is 48.5 Å². The smallest absolute Gasteiger partial charge is 0.310 e. The molecular formula is C24H38Cl2O2Si3. The average molecular weight is 514 g/mol. The maximum atomic E-state index is 7.07. The van der Waals surface area contributed by atoms with E-state index in [9.17, 15) is 0 Å². The standard InChI is InChI=1S/C24H38Cl2O2Si3/c1-23(2,3)29(7,8)27-19-13-11-15-21(17-19)31(25,26)22-16-12-14-20(18-22)28-30(9,10)24(4,5)6/h11-18H,1-10H3. The molecule has 0 spiro atoms. The summed E-state index contributed by atoms with van der Waals surface area (Å²) in [5, 5.41) is 2.09. The highest BCUT2D eigenvalue weighted by Crippen LogP contribution is 2.38. The molecular weight excluding hydrogens is 475 g/mol. The van der Waals surface area contributed by atoms with Gasteiger partial charge in [0.2, 0.25) is 16.6 Å². The van der Waals surface area contributed by atoms with E-state index in [0.717, 1.165) is 21.9 Å². The van der Waals surface area contributed by atoms with E-state index in [4.69, 9.17) is 31.0 Å². The molecule has 0 saturated heterocycles. The molecule has 2 rings (SSSR count). The molecule has 7 heteroatoms. The summed E-state index contributed by atoms with van der Waals surface area (Å²) in [6, 6.07) is 16.0. The van der Waals surface area contributed by atoms with E-state index in [-0.39, 0.29) is 10.1 Å². The summed E-state index contributed by atoms with van der Waals surface area (Å²) in [5.74, 6) is 1.69. The van der Waals surface area contributed by atoms with Gasteiger partial charge in [0.05, 0.1) is 0 Å². The molecule has 0 N–H and O–H groups in total. The summed E-state index contributed by atoms with van der Waals surface area (Å²) >= 11 is 14.1. The third-order valence-electron chi connectivity index (χ3n) is 6.75. The van der Waals surface area contributed by atoms with Crippen LogP contribution in [0.3, 0.4) is 0 Å². The Morgan fingerprint density at radius 3 is 1.23 bits per heavy atom. The Balaban J connectivity index is 2.36. The number of hydrogen-bond acceptors (Lipinski definition) is 2. The molecule has 2 aromatic carbocycles. The number of benzene rings is 2. The molecule has 0 saturated carbocycles. The molecule has 0 atom stereocenters. The van der Waals surface area contributed by atoms with Crippen molar-refractivity contribution in [3.63, 3.8) is 0 Å². The van der Waals surface area contributed by atoms with Gasteiger partial charge in [-0.05, 0) is 70.9 Å². The first-order chi connectivity index (χ1) is 13.9. The van der Waals surface area contributed by atoms with Crippen molar-refractivity contribution in [2.45, 2.75) is 77.8 Å². The molecule has 31 heavy (non-hydrogen) atoms. The van der Waals surface area contributed by atoms with Gasteiger partial charge in [0.15, 0.2) is 0 Å². The third-order valence-corrected chi connectivity index (χ3v) is 20.2. The zero-order valence-corrected chi connectivity index (χ0v) is 25.2. The van der Waals surface area contributed by atoms with Gasteiger partial charge < -0.3 is 8.85 Å². The molecule has 0 aliphatic carbocycles. The fraction of sp³-hybridized carbons (Fsp3) is 0.500. The fourth-order valence-corrected chi connectivity index (χ4v) is 7.62. The summed E-state index contributed by atoms with van der Waals surface area (Å²) in [6.45, 7) is 19.4. The Morgan fingerprint density at radius 1 is 0.613 bits per heavy atom. The van der Waals surface area contributed by atoms with Gasteiger partial charge >= 0.3 is 6.69 Å². The molecule has 0 heterocycles. The zero-order chi connectivity index (χ0) is 23.9. The van der Waals surface area contributed by atoms with Crippen LogP contribution in [0.1, 0.15) is 41.5 Å². The number of rotatable bonds is 6. The quantitative estimate of drug-likeness (QED) is 0.294. The van der Waals surface area contributed by atoms with E-state index >= 15 is 0 Å². The van der Waals surface area contributed by atoms with Gasteiger partial charge in [0.25, 0.3) is 0 Å². The Bertz CT molecular complexity index is 840. The zero-order valence-electron chi connectivity index (χ0n) is 20.7. The summed E-state index contributed by atoms with van der Waals surface area (Å²) in [4.78, 5) is 0. The molecule has 0 bridgehead atoms. The van der Waals surface area contributed by atoms with Crippen LogP contribution in [0.4, 0.5) is 0 Å².